The van der Waals surface area contributed by atoms with E-state index < -0.39 is 11.7 Å². The predicted octanol–water partition coefficient (Wildman–Crippen LogP) is 5.32. The monoisotopic (exact) mass is 502 g/mol. The Morgan fingerprint density at radius 1 is 1.11 bits per heavy atom. The van der Waals surface area contributed by atoms with Crippen molar-refractivity contribution in [3.63, 3.8) is 0 Å². The second kappa shape index (κ2) is 9.87. The fourth-order valence-corrected chi connectivity index (χ4v) is 5.98. The van der Waals surface area contributed by atoms with E-state index in [1.165, 1.54) is 37.8 Å². The van der Waals surface area contributed by atoms with Crippen molar-refractivity contribution >= 4 is 17.3 Å². The Labute approximate surface area is 217 Å². The molecule has 2 bridgehead atoms. The van der Waals surface area contributed by atoms with E-state index in [1.807, 2.05) is 25.1 Å². The Morgan fingerprint density at radius 2 is 1.81 bits per heavy atom. The quantitative estimate of drug-likeness (QED) is 0.396. The van der Waals surface area contributed by atoms with Crippen molar-refractivity contribution in [1.82, 2.24) is 4.90 Å². The maximum Gasteiger partial charge on any atom is 0.271 e. The fraction of sp³-hybridized carbons (Fsp3) is 0.419. The molecule has 4 nitrogen and oxygen atoms in total. The van der Waals surface area contributed by atoms with Gasteiger partial charge in [-0.25, -0.2) is 8.78 Å². The molecule has 0 radical (unpaired) electrons. The van der Waals surface area contributed by atoms with E-state index in [0.29, 0.717) is 24.2 Å². The highest BCUT2D eigenvalue weighted by molar-refractivity contribution is 6.28. The number of anilines is 1. The molecule has 2 aromatic carbocycles. The number of benzene rings is 2. The van der Waals surface area contributed by atoms with Gasteiger partial charge in [0, 0.05) is 47.8 Å². The van der Waals surface area contributed by atoms with Gasteiger partial charge in [-0.2, -0.15) is 0 Å². The minimum absolute atomic E-state index is 0.00327. The number of halogens is 2. The van der Waals surface area contributed by atoms with Crippen LogP contribution >= 0.6 is 0 Å². The zero-order valence-corrected chi connectivity index (χ0v) is 21.6. The third-order valence-electron chi connectivity index (χ3n) is 7.74. The standard InChI is InChI=1S/C31H32F2N2O2/c1-31(32,33)27-8-4-6-20-10-16-26(30(37)29(20)27)28(36)19-22-9-11-25(18-21(22)7-5-17-34(2)3)35-23-12-13-24(35)15-14-23/h4,6,8-9,11,16,18,23-24H,10,12-15,17,19H2,1-3H3. The molecule has 2 aliphatic heterocycles. The predicted molar refractivity (Wildman–Crippen MR) is 141 cm³/mol. The van der Waals surface area contributed by atoms with Crippen LogP contribution in [0.3, 0.4) is 0 Å². The molecule has 192 valence electrons. The molecule has 0 aromatic heterocycles. The second-order valence-corrected chi connectivity index (χ2v) is 10.7. The summed E-state index contributed by atoms with van der Waals surface area (Å²) in [6.45, 7) is 1.36. The number of hydrogen-bond donors (Lipinski definition) is 0. The number of nitrogens with zero attached hydrogens (tertiary/aromatic N) is 2. The number of Topliss-reactive ketones (excluding diaryl/α,β-unsaturated/α-hetero) is 2. The number of carbonyl (C=O) groups excluding carboxylic acids is 2. The normalized spacial score (nSPS) is 20.5. The van der Waals surface area contributed by atoms with E-state index in [9.17, 15) is 18.4 Å². The molecule has 5 rings (SSSR count). The molecule has 0 spiro atoms. The van der Waals surface area contributed by atoms with Crippen molar-refractivity contribution in [3.8, 4) is 11.8 Å². The van der Waals surface area contributed by atoms with Crippen molar-refractivity contribution in [2.45, 2.75) is 63.5 Å². The second-order valence-electron chi connectivity index (χ2n) is 10.7. The van der Waals surface area contributed by atoms with E-state index >= 15 is 0 Å². The van der Waals surface area contributed by atoms with Crippen LogP contribution < -0.4 is 4.90 Å². The van der Waals surface area contributed by atoms with Gasteiger partial charge in [-0.1, -0.05) is 42.2 Å². The van der Waals surface area contributed by atoms with Crippen molar-refractivity contribution in [3.05, 3.63) is 75.9 Å². The molecule has 3 aliphatic rings. The Hall–Kier alpha value is -3.30. The number of allylic oxidation sites excluding steroid dienone is 2. The van der Waals surface area contributed by atoms with Crippen LogP contribution in [0.4, 0.5) is 14.5 Å². The first-order valence-corrected chi connectivity index (χ1v) is 13.0. The molecule has 37 heavy (non-hydrogen) atoms. The molecule has 6 heteroatoms. The van der Waals surface area contributed by atoms with Crippen LogP contribution in [0.2, 0.25) is 0 Å². The van der Waals surface area contributed by atoms with E-state index in [4.69, 9.17) is 0 Å². The van der Waals surface area contributed by atoms with Crippen molar-refractivity contribution < 1.29 is 18.4 Å². The summed E-state index contributed by atoms with van der Waals surface area (Å²) >= 11 is 0. The molecule has 2 saturated heterocycles. The summed E-state index contributed by atoms with van der Waals surface area (Å²) in [5.41, 5.74) is 2.81. The van der Waals surface area contributed by atoms with Crippen LogP contribution in [0.5, 0.6) is 0 Å². The largest absolute Gasteiger partial charge is 0.366 e. The molecule has 0 unspecified atom stereocenters. The lowest BCUT2D eigenvalue weighted by Crippen LogP contribution is -2.28. The number of carbonyl (C=O) groups is 2. The first-order chi connectivity index (χ1) is 17.6. The molecule has 2 heterocycles. The van der Waals surface area contributed by atoms with E-state index in [2.05, 4.69) is 28.9 Å². The van der Waals surface area contributed by atoms with Crippen LogP contribution in [-0.2, 0) is 23.6 Å². The van der Waals surface area contributed by atoms with Gasteiger partial charge in [-0.15, -0.1) is 0 Å². The molecule has 2 fully saturated rings. The zero-order valence-electron chi connectivity index (χ0n) is 21.6. The first-order valence-electron chi connectivity index (χ1n) is 13.0. The summed E-state index contributed by atoms with van der Waals surface area (Å²) in [5.74, 6) is 2.27. The van der Waals surface area contributed by atoms with Crippen molar-refractivity contribution in [2.24, 2.45) is 0 Å². The topological polar surface area (TPSA) is 40.6 Å². The van der Waals surface area contributed by atoms with E-state index in [1.54, 1.807) is 12.1 Å². The highest BCUT2D eigenvalue weighted by Gasteiger charge is 2.39. The number of alkyl halides is 2. The number of hydrogen-bond acceptors (Lipinski definition) is 4. The van der Waals surface area contributed by atoms with Crippen molar-refractivity contribution in [2.75, 3.05) is 25.5 Å². The number of fused-ring (bicyclic) bond motifs is 3. The van der Waals surface area contributed by atoms with Crippen LogP contribution in [-0.4, -0.2) is 49.2 Å². The molecule has 2 aromatic rings. The van der Waals surface area contributed by atoms with E-state index in [0.717, 1.165) is 23.7 Å². The number of ketones is 2. The van der Waals surface area contributed by atoms with Gasteiger partial charge in [0.1, 0.15) is 0 Å². The molecule has 0 N–H and O–H groups in total. The number of rotatable bonds is 6. The van der Waals surface area contributed by atoms with Gasteiger partial charge in [0.15, 0.2) is 11.6 Å². The molecule has 1 aliphatic carbocycles. The minimum atomic E-state index is -3.17. The third-order valence-corrected chi connectivity index (χ3v) is 7.74. The van der Waals surface area contributed by atoms with Crippen LogP contribution in [0, 0.1) is 11.8 Å². The lowest BCUT2D eigenvalue weighted by molar-refractivity contribution is -0.114. The maximum absolute atomic E-state index is 14.3. The van der Waals surface area contributed by atoms with Crippen molar-refractivity contribution in [1.29, 1.82) is 0 Å². The van der Waals surface area contributed by atoms with Gasteiger partial charge in [0.2, 0.25) is 0 Å². The molecule has 0 saturated carbocycles. The summed E-state index contributed by atoms with van der Waals surface area (Å²) in [6.07, 6.45) is 6.70. The van der Waals surface area contributed by atoms with Gasteiger partial charge in [0.25, 0.3) is 5.92 Å². The van der Waals surface area contributed by atoms with Gasteiger partial charge in [-0.3, -0.25) is 14.5 Å². The summed E-state index contributed by atoms with van der Waals surface area (Å²) in [5, 5.41) is 0. The van der Waals surface area contributed by atoms with Gasteiger partial charge < -0.3 is 4.90 Å². The highest BCUT2D eigenvalue weighted by Crippen LogP contribution is 2.41. The van der Waals surface area contributed by atoms with Gasteiger partial charge in [0.05, 0.1) is 12.1 Å². The van der Waals surface area contributed by atoms with Gasteiger partial charge >= 0.3 is 0 Å². The summed E-state index contributed by atoms with van der Waals surface area (Å²) in [6, 6.07) is 11.7. The average Bonchev–Trinajstić information content (AvgIpc) is 3.45. The fourth-order valence-electron chi connectivity index (χ4n) is 5.98. The smallest absolute Gasteiger partial charge is 0.271 e. The SMILES string of the molecule is CN(C)CC#Cc1cc(N2C3CCC2CC3)ccc1CC(=O)C1=CCc2cccc(C(C)(F)F)c2C1=O. The summed E-state index contributed by atoms with van der Waals surface area (Å²) < 4.78 is 28.5. The lowest BCUT2D eigenvalue weighted by Gasteiger charge is -2.25. The third kappa shape index (κ3) is 4.98. The van der Waals surface area contributed by atoms with Crippen LogP contribution in [0.15, 0.2) is 48.0 Å². The van der Waals surface area contributed by atoms with E-state index in [-0.39, 0.29) is 35.3 Å². The molecule has 0 atom stereocenters. The summed E-state index contributed by atoms with van der Waals surface area (Å²) in [7, 11) is 3.90. The Bertz CT molecular complexity index is 1320. The maximum atomic E-state index is 14.3. The van der Waals surface area contributed by atoms with Crippen LogP contribution in [0.1, 0.15) is 65.2 Å². The Kier molecular flexibility index (Phi) is 6.76. The zero-order chi connectivity index (χ0) is 26.3. The molecular weight excluding hydrogens is 470 g/mol. The lowest BCUT2D eigenvalue weighted by atomic mass is 9.83. The average molecular weight is 503 g/mol. The highest BCUT2D eigenvalue weighted by atomic mass is 19.3. The molecular formula is C31H32F2N2O2. The van der Waals surface area contributed by atoms with Gasteiger partial charge in [-0.05, 0) is 69.5 Å². The van der Waals surface area contributed by atoms with Crippen LogP contribution in [0.25, 0.3) is 0 Å². The Morgan fingerprint density at radius 3 is 2.46 bits per heavy atom. The minimum Gasteiger partial charge on any atom is -0.366 e. The Balaban J connectivity index is 1.44. The first kappa shape index (κ1) is 25.4. The molecule has 0 amide bonds. The summed E-state index contributed by atoms with van der Waals surface area (Å²) in [4.78, 5) is 31.2.